The van der Waals surface area contributed by atoms with Crippen LogP contribution in [0.1, 0.15) is 24.5 Å². The lowest BCUT2D eigenvalue weighted by atomic mass is 10.1. The van der Waals surface area contributed by atoms with Crippen LogP contribution in [-0.4, -0.2) is 33.7 Å². The second-order valence-corrected chi connectivity index (χ2v) is 8.50. The van der Waals surface area contributed by atoms with Gasteiger partial charge in [0.1, 0.15) is 5.75 Å². The molecule has 0 aliphatic heterocycles. The summed E-state index contributed by atoms with van der Waals surface area (Å²) < 4.78 is 30.5. The number of sulfonamides is 1. The van der Waals surface area contributed by atoms with Gasteiger partial charge >= 0.3 is 0 Å². The minimum absolute atomic E-state index is 0.280. The molecule has 2 aromatic carbocycles. The van der Waals surface area contributed by atoms with Gasteiger partial charge in [-0.1, -0.05) is 25.1 Å². The van der Waals surface area contributed by atoms with Crippen molar-refractivity contribution >= 4 is 27.3 Å². The molecule has 0 saturated carbocycles. The summed E-state index contributed by atoms with van der Waals surface area (Å²) in [5.41, 5.74) is 3.08. The zero-order valence-corrected chi connectivity index (χ0v) is 17.1. The molecule has 7 heteroatoms. The minimum Gasteiger partial charge on any atom is -0.480 e. The van der Waals surface area contributed by atoms with E-state index in [-0.39, 0.29) is 5.91 Å². The van der Waals surface area contributed by atoms with Crippen LogP contribution in [-0.2, 0) is 14.8 Å². The fourth-order valence-electron chi connectivity index (χ4n) is 2.52. The highest BCUT2D eigenvalue weighted by Gasteiger charge is 2.20. The lowest BCUT2D eigenvalue weighted by Crippen LogP contribution is -2.32. The van der Waals surface area contributed by atoms with Gasteiger partial charge in [0.05, 0.1) is 11.9 Å². The van der Waals surface area contributed by atoms with Gasteiger partial charge in [-0.2, -0.15) is 0 Å². The minimum atomic E-state index is -3.38. The van der Waals surface area contributed by atoms with Crippen molar-refractivity contribution < 1.29 is 17.9 Å². The molecule has 1 unspecified atom stereocenters. The molecule has 0 heterocycles. The van der Waals surface area contributed by atoms with Crippen molar-refractivity contribution in [3.8, 4) is 5.75 Å². The summed E-state index contributed by atoms with van der Waals surface area (Å²) in [6, 6.07) is 12.4. The molecule has 0 aliphatic carbocycles. The van der Waals surface area contributed by atoms with Gasteiger partial charge in [0.25, 0.3) is 5.91 Å². The van der Waals surface area contributed by atoms with Crippen molar-refractivity contribution in [1.82, 2.24) is 0 Å². The quantitative estimate of drug-likeness (QED) is 0.785. The van der Waals surface area contributed by atoms with E-state index in [1.54, 1.807) is 24.3 Å². The number of rotatable bonds is 7. The number of ether oxygens (including phenoxy) is 1. The number of nitrogens with one attached hydrogen (secondary N) is 1. The van der Waals surface area contributed by atoms with E-state index in [4.69, 9.17) is 4.74 Å². The molecule has 0 saturated heterocycles. The first-order valence-electron chi connectivity index (χ1n) is 8.71. The first kappa shape index (κ1) is 20.8. The number of amides is 1. The lowest BCUT2D eigenvalue weighted by molar-refractivity contribution is -0.122. The number of aryl methyl sites for hydroxylation is 1. The normalized spacial score (nSPS) is 12.3. The van der Waals surface area contributed by atoms with Crippen LogP contribution in [0.5, 0.6) is 5.75 Å². The fraction of sp³-hybridized carbons (Fsp3) is 0.350. The van der Waals surface area contributed by atoms with Crippen LogP contribution < -0.4 is 14.4 Å². The zero-order valence-electron chi connectivity index (χ0n) is 16.3. The monoisotopic (exact) mass is 390 g/mol. The van der Waals surface area contributed by atoms with E-state index in [1.165, 1.54) is 7.05 Å². The molecular weight excluding hydrogens is 364 g/mol. The Bertz CT molecular complexity index is 925. The Balaban J connectivity index is 2.16. The van der Waals surface area contributed by atoms with Gasteiger partial charge in [0, 0.05) is 12.7 Å². The largest absolute Gasteiger partial charge is 0.480 e. The molecule has 0 bridgehead atoms. The Labute approximate surface area is 161 Å². The van der Waals surface area contributed by atoms with E-state index in [1.807, 2.05) is 39.0 Å². The predicted octanol–water partition coefficient (Wildman–Crippen LogP) is 3.50. The number of hydrogen-bond donors (Lipinski definition) is 1. The predicted molar refractivity (Wildman–Crippen MR) is 109 cm³/mol. The summed E-state index contributed by atoms with van der Waals surface area (Å²) in [4.78, 5) is 12.7. The molecule has 2 aromatic rings. The maximum Gasteiger partial charge on any atom is 0.265 e. The lowest BCUT2D eigenvalue weighted by Gasteiger charge is -2.20. The third-order valence-electron chi connectivity index (χ3n) is 4.46. The smallest absolute Gasteiger partial charge is 0.265 e. The van der Waals surface area contributed by atoms with E-state index < -0.39 is 16.1 Å². The Hall–Kier alpha value is -2.54. The van der Waals surface area contributed by atoms with Crippen molar-refractivity contribution in [1.29, 1.82) is 0 Å². The number of anilines is 2. The molecule has 146 valence electrons. The van der Waals surface area contributed by atoms with E-state index in [0.29, 0.717) is 23.5 Å². The Morgan fingerprint density at radius 1 is 1.19 bits per heavy atom. The molecular formula is C20H26N2O4S. The van der Waals surface area contributed by atoms with Crippen molar-refractivity contribution in [2.75, 3.05) is 22.9 Å². The summed E-state index contributed by atoms with van der Waals surface area (Å²) in [6.07, 6.45) is 0.979. The van der Waals surface area contributed by atoms with Gasteiger partial charge in [0.15, 0.2) is 6.10 Å². The zero-order chi connectivity index (χ0) is 20.2. The average molecular weight is 391 g/mol. The van der Waals surface area contributed by atoms with Crippen LogP contribution in [0, 0.1) is 13.8 Å². The molecule has 2 rings (SSSR count). The molecule has 6 nitrogen and oxygen atoms in total. The molecule has 1 amide bonds. The van der Waals surface area contributed by atoms with Gasteiger partial charge < -0.3 is 10.1 Å². The van der Waals surface area contributed by atoms with Crippen molar-refractivity contribution in [2.45, 2.75) is 33.3 Å². The number of nitrogens with zero attached hydrogens (tertiary/aromatic N) is 1. The highest BCUT2D eigenvalue weighted by Crippen LogP contribution is 2.24. The first-order valence-corrected chi connectivity index (χ1v) is 10.6. The van der Waals surface area contributed by atoms with Crippen molar-refractivity contribution in [3.05, 3.63) is 53.6 Å². The number of carbonyl (C=O) groups excluding carboxylic acids is 1. The summed E-state index contributed by atoms with van der Waals surface area (Å²) >= 11 is 0. The van der Waals surface area contributed by atoms with E-state index >= 15 is 0 Å². The molecule has 1 atom stereocenters. The van der Waals surface area contributed by atoms with Crippen LogP contribution in [0.4, 0.5) is 11.4 Å². The summed E-state index contributed by atoms with van der Waals surface area (Å²) in [5, 5.41) is 2.81. The van der Waals surface area contributed by atoms with Gasteiger partial charge in [-0.05, 0) is 55.7 Å². The highest BCUT2D eigenvalue weighted by molar-refractivity contribution is 7.92. The second kappa shape index (κ2) is 8.43. The SMILES string of the molecule is CCC(Oc1cccc(C)c1C)C(=O)Nc1cccc(N(C)S(C)(=O)=O)c1. The number of carbonyl (C=O) groups is 1. The first-order chi connectivity index (χ1) is 12.6. The van der Waals surface area contributed by atoms with Crippen LogP contribution in [0.15, 0.2) is 42.5 Å². The van der Waals surface area contributed by atoms with E-state index in [0.717, 1.165) is 21.7 Å². The Morgan fingerprint density at radius 2 is 1.85 bits per heavy atom. The third kappa shape index (κ3) is 5.23. The van der Waals surface area contributed by atoms with Gasteiger partial charge in [-0.3, -0.25) is 9.10 Å². The number of benzene rings is 2. The van der Waals surface area contributed by atoms with Gasteiger partial charge in [0.2, 0.25) is 10.0 Å². The fourth-order valence-corrected chi connectivity index (χ4v) is 3.02. The highest BCUT2D eigenvalue weighted by atomic mass is 32.2. The molecule has 0 aliphatic rings. The van der Waals surface area contributed by atoms with E-state index in [2.05, 4.69) is 5.32 Å². The van der Waals surface area contributed by atoms with E-state index in [9.17, 15) is 13.2 Å². The molecule has 0 spiro atoms. The Morgan fingerprint density at radius 3 is 2.48 bits per heavy atom. The summed E-state index contributed by atoms with van der Waals surface area (Å²) in [6.45, 7) is 5.83. The van der Waals surface area contributed by atoms with Crippen molar-refractivity contribution in [2.24, 2.45) is 0 Å². The molecule has 0 fully saturated rings. The standard InChI is InChI=1S/C20H26N2O4S/c1-6-18(26-19-12-7-9-14(2)15(19)3)20(23)21-16-10-8-11-17(13-16)22(4)27(5,24)25/h7-13,18H,6H2,1-5H3,(H,21,23). The van der Waals surface area contributed by atoms with Crippen LogP contribution in [0.25, 0.3) is 0 Å². The topological polar surface area (TPSA) is 75.7 Å². The third-order valence-corrected chi connectivity index (χ3v) is 5.67. The van der Waals surface area contributed by atoms with Crippen LogP contribution in [0.3, 0.4) is 0 Å². The number of hydrogen-bond acceptors (Lipinski definition) is 4. The maximum absolute atomic E-state index is 12.7. The molecule has 27 heavy (non-hydrogen) atoms. The second-order valence-electron chi connectivity index (χ2n) is 6.48. The maximum atomic E-state index is 12.7. The molecule has 0 aromatic heterocycles. The molecule has 0 radical (unpaired) electrons. The van der Waals surface area contributed by atoms with Gasteiger partial charge in [-0.15, -0.1) is 0 Å². The van der Waals surface area contributed by atoms with Crippen LogP contribution >= 0.6 is 0 Å². The van der Waals surface area contributed by atoms with Crippen molar-refractivity contribution in [3.63, 3.8) is 0 Å². The van der Waals surface area contributed by atoms with Gasteiger partial charge in [-0.25, -0.2) is 8.42 Å². The summed E-state index contributed by atoms with van der Waals surface area (Å²) in [5.74, 6) is 0.403. The molecule has 1 N–H and O–H groups in total. The Kier molecular flexibility index (Phi) is 6.49. The van der Waals surface area contributed by atoms with Crippen LogP contribution in [0.2, 0.25) is 0 Å². The average Bonchev–Trinajstić information content (AvgIpc) is 2.61. The summed E-state index contributed by atoms with van der Waals surface area (Å²) in [7, 11) is -1.91.